The second kappa shape index (κ2) is 2.86. The van der Waals surface area contributed by atoms with Crippen LogP contribution in [0.15, 0.2) is 0 Å². The molecule has 1 unspecified atom stereocenters. The van der Waals surface area contributed by atoms with Crippen LogP contribution in [0.2, 0.25) is 0 Å². The second-order valence-corrected chi connectivity index (χ2v) is 2.10. The van der Waals surface area contributed by atoms with E-state index in [4.69, 9.17) is 11.6 Å². The van der Waals surface area contributed by atoms with E-state index in [2.05, 4.69) is 0 Å². The summed E-state index contributed by atoms with van der Waals surface area (Å²) in [5.41, 5.74) is 0. The monoisotopic (exact) mass is 121 g/mol. The Morgan fingerprint density at radius 2 is 2.29 bits per heavy atom. The number of halogens is 1. The van der Waals surface area contributed by atoms with Gasteiger partial charge in [0.2, 0.25) is 0 Å². The van der Waals surface area contributed by atoms with Crippen LogP contribution in [0.5, 0.6) is 0 Å². The minimum Gasteiger partial charge on any atom is -0.247 e. The highest BCUT2D eigenvalue weighted by atomic mass is 35.5. The highest BCUT2D eigenvalue weighted by Crippen LogP contribution is 1.97. The van der Waals surface area contributed by atoms with Crippen molar-refractivity contribution in [3.05, 3.63) is 0 Å². The molecule has 0 saturated heterocycles. The largest absolute Gasteiger partial charge is 0.357 e. The molecule has 0 aliphatic carbocycles. The van der Waals surface area contributed by atoms with Gasteiger partial charge in [0, 0.05) is 5.38 Å². The van der Waals surface area contributed by atoms with E-state index in [9.17, 15) is 9.90 Å². The summed E-state index contributed by atoms with van der Waals surface area (Å²) in [7, 11) is 0. The zero-order chi connectivity index (χ0) is 5.86. The molecule has 1 radical (unpaired) electrons. The van der Waals surface area contributed by atoms with Crippen LogP contribution in [-0.2, 0) is 9.90 Å². The summed E-state index contributed by atoms with van der Waals surface area (Å²) in [6.45, 7) is 1.61. The van der Waals surface area contributed by atoms with Gasteiger partial charge in [-0.3, -0.25) is 0 Å². The molecule has 7 heavy (non-hydrogen) atoms. The lowest BCUT2D eigenvalue weighted by molar-refractivity contribution is -0.143. The van der Waals surface area contributed by atoms with Crippen molar-refractivity contribution in [2.24, 2.45) is 0 Å². The second-order valence-electron chi connectivity index (χ2n) is 1.36. The third-order valence-electron chi connectivity index (χ3n) is 0.448. The molecule has 2 nitrogen and oxygen atoms in total. The van der Waals surface area contributed by atoms with Crippen LogP contribution >= 0.6 is 11.6 Å². The third-order valence-corrected chi connectivity index (χ3v) is 0.602. The molecule has 0 spiro atoms. The van der Waals surface area contributed by atoms with Gasteiger partial charge in [0.25, 0.3) is 0 Å². The van der Waals surface area contributed by atoms with Crippen LogP contribution in [0.25, 0.3) is 0 Å². The van der Waals surface area contributed by atoms with E-state index in [1.807, 2.05) is 0 Å². The fourth-order valence-electron chi connectivity index (χ4n) is 0.230. The van der Waals surface area contributed by atoms with Crippen LogP contribution in [0.1, 0.15) is 13.3 Å². The summed E-state index contributed by atoms with van der Waals surface area (Å²) >= 11 is 5.25. The van der Waals surface area contributed by atoms with E-state index in [0.29, 0.717) is 0 Å². The molecular weight excluding hydrogens is 115 g/mol. The van der Waals surface area contributed by atoms with Gasteiger partial charge >= 0.3 is 5.97 Å². The van der Waals surface area contributed by atoms with Gasteiger partial charge in [-0.1, -0.05) is 0 Å². The molecule has 0 amide bonds. The Hall–Kier alpha value is -0.240. The van der Waals surface area contributed by atoms with Gasteiger partial charge in [0.15, 0.2) is 0 Å². The first-order chi connectivity index (χ1) is 3.13. The van der Waals surface area contributed by atoms with Crippen molar-refractivity contribution >= 4 is 17.6 Å². The Morgan fingerprint density at radius 1 is 1.86 bits per heavy atom. The quantitative estimate of drug-likeness (QED) is 0.502. The van der Waals surface area contributed by atoms with Crippen molar-refractivity contribution in [2.45, 2.75) is 18.7 Å². The predicted octanol–water partition coefficient (Wildman–Crippen LogP) is 0.961. The maximum atomic E-state index is 9.61. The summed E-state index contributed by atoms with van der Waals surface area (Å²) in [4.78, 5) is 9.61. The fourth-order valence-corrected chi connectivity index (χ4v) is 0.356. The Bertz CT molecular complexity index is 70.1. The lowest BCUT2D eigenvalue weighted by Crippen LogP contribution is -2.00. The van der Waals surface area contributed by atoms with Gasteiger partial charge in [0.1, 0.15) is 0 Å². The number of rotatable bonds is 2. The summed E-state index contributed by atoms with van der Waals surface area (Å²) in [6.07, 6.45) is -0.0679. The Balaban J connectivity index is 3.13. The van der Waals surface area contributed by atoms with Crippen molar-refractivity contribution < 1.29 is 9.90 Å². The van der Waals surface area contributed by atoms with Crippen molar-refractivity contribution in [2.75, 3.05) is 0 Å². The molecule has 1 atom stereocenters. The van der Waals surface area contributed by atoms with Gasteiger partial charge in [-0.2, -0.15) is 0 Å². The van der Waals surface area contributed by atoms with Crippen LogP contribution in [0.4, 0.5) is 0 Å². The molecule has 0 aromatic carbocycles. The van der Waals surface area contributed by atoms with E-state index in [-0.39, 0.29) is 11.8 Å². The molecule has 0 heterocycles. The van der Waals surface area contributed by atoms with E-state index < -0.39 is 5.97 Å². The molecule has 0 rings (SSSR count). The third kappa shape index (κ3) is 5.76. The molecule has 0 aliphatic rings. The van der Waals surface area contributed by atoms with E-state index in [1.165, 1.54) is 0 Å². The standard InChI is InChI=1S/C4H6ClO2/c1-3(5)2-4(6)7/h3H,2H2,1H3. The molecule has 0 aromatic rings. The number of alkyl halides is 1. The van der Waals surface area contributed by atoms with Crippen molar-refractivity contribution in [3.63, 3.8) is 0 Å². The van der Waals surface area contributed by atoms with Crippen molar-refractivity contribution in [1.82, 2.24) is 0 Å². The molecule has 0 aromatic heterocycles. The van der Waals surface area contributed by atoms with Crippen LogP contribution in [0, 0.1) is 0 Å². The number of hydrogen-bond acceptors (Lipinski definition) is 1. The number of hydrogen-bond donors (Lipinski definition) is 0. The summed E-state index contributed by atoms with van der Waals surface area (Å²) in [6, 6.07) is 0. The minimum absolute atomic E-state index is 0.0679. The SMILES string of the molecule is CC(Cl)CC([O])=O. The highest BCUT2D eigenvalue weighted by Gasteiger charge is 2.03. The van der Waals surface area contributed by atoms with Gasteiger partial charge in [0.05, 0.1) is 6.42 Å². The number of carbonyl (C=O) groups is 1. The Kier molecular flexibility index (Phi) is 2.76. The smallest absolute Gasteiger partial charge is 0.247 e. The first-order valence-corrected chi connectivity index (χ1v) is 2.40. The fraction of sp³-hybridized carbons (Fsp3) is 0.750. The van der Waals surface area contributed by atoms with Gasteiger partial charge in [-0.25, -0.2) is 9.90 Å². The minimum atomic E-state index is -1.09. The Morgan fingerprint density at radius 3 is 2.29 bits per heavy atom. The molecule has 0 saturated carbocycles. The molecule has 0 aliphatic heterocycles. The molecule has 3 heteroatoms. The number of carbonyl (C=O) groups excluding carboxylic acids is 1. The lowest BCUT2D eigenvalue weighted by Gasteiger charge is -1.89. The highest BCUT2D eigenvalue weighted by molar-refractivity contribution is 6.21. The van der Waals surface area contributed by atoms with Crippen molar-refractivity contribution in [3.8, 4) is 0 Å². The van der Waals surface area contributed by atoms with Crippen molar-refractivity contribution in [1.29, 1.82) is 0 Å². The molecule has 41 valence electrons. The van der Waals surface area contributed by atoms with Gasteiger partial charge < -0.3 is 0 Å². The summed E-state index contributed by atoms with van der Waals surface area (Å²) in [5, 5.41) is 9.30. The first kappa shape index (κ1) is 6.76. The molecule has 0 N–H and O–H groups in total. The molecule has 0 bridgehead atoms. The predicted molar refractivity (Wildman–Crippen MR) is 25.6 cm³/mol. The maximum Gasteiger partial charge on any atom is 0.357 e. The molecular formula is C4H6ClO2. The van der Waals surface area contributed by atoms with Crippen LogP contribution in [-0.4, -0.2) is 11.3 Å². The lowest BCUT2D eigenvalue weighted by atomic mass is 10.3. The van der Waals surface area contributed by atoms with Gasteiger partial charge in [-0.05, 0) is 6.92 Å². The Labute approximate surface area is 47.1 Å². The zero-order valence-corrected chi connectivity index (χ0v) is 4.73. The van der Waals surface area contributed by atoms with E-state index in [0.717, 1.165) is 0 Å². The summed E-state index contributed by atoms with van der Waals surface area (Å²) < 4.78 is 0. The normalized spacial score (nSPS) is 13.4. The van der Waals surface area contributed by atoms with Crippen LogP contribution in [0.3, 0.4) is 0 Å². The zero-order valence-electron chi connectivity index (χ0n) is 3.98. The molecule has 0 fully saturated rings. The summed E-state index contributed by atoms with van der Waals surface area (Å²) in [5.74, 6) is -1.09. The van der Waals surface area contributed by atoms with E-state index >= 15 is 0 Å². The average Bonchev–Trinajstić information content (AvgIpc) is 1.27. The first-order valence-electron chi connectivity index (χ1n) is 1.97. The average molecular weight is 122 g/mol. The van der Waals surface area contributed by atoms with Crippen LogP contribution < -0.4 is 0 Å². The van der Waals surface area contributed by atoms with E-state index in [1.54, 1.807) is 6.92 Å². The topological polar surface area (TPSA) is 37.0 Å². The van der Waals surface area contributed by atoms with Gasteiger partial charge in [-0.15, -0.1) is 11.6 Å². The maximum absolute atomic E-state index is 9.61.